The first kappa shape index (κ1) is 21.4. The summed E-state index contributed by atoms with van der Waals surface area (Å²) in [6.45, 7) is 8.47. The number of fused-ring (bicyclic) bond motifs is 3. The molecule has 7 nitrogen and oxygen atoms in total. The first-order valence-corrected chi connectivity index (χ1v) is 11.7. The van der Waals surface area contributed by atoms with Crippen LogP contribution in [0.5, 0.6) is 5.75 Å². The number of hydrogen-bond donors (Lipinski definition) is 0. The molecule has 0 unspecified atom stereocenters. The molecular weight excluding hydrogens is 408 g/mol. The van der Waals surface area contributed by atoms with Crippen LogP contribution < -0.4 is 4.74 Å². The SMILES string of the molecule is Cc1ccc2c(c1)OC(C)(C)[C@H]1CC3(CO[C@H]21)CN(C(=O)CCN1C(=O)CCCC1=O)C3. The summed E-state index contributed by atoms with van der Waals surface area (Å²) in [6.07, 6.45) is 2.57. The van der Waals surface area contributed by atoms with Crippen LogP contribution in [0.25, 0.3) is 0 Å². The maximum Gasteiger partial charge on any atom is 0.229 e. The van der Waals surface area contributed by atoms with E-state index in [0.717, 1.165) is 17.7 Å². The molecule has 4 heterocycles. The van der Waals surface area contributed by atoms with E-state index < -0.39 is 0 Å². The van der Waals surface area contributed by atoms with Gasteiger partial charge >= 0.3 is 0 Å². The maximum atomic E-state index is 12.7. The van der Waals surface area contributed by atoms with E-state index >= 15 is 0 Å². The van der Waals surface area contributed by atoms with Gasteiger partial charge in [-0.1, -0.05) is 12.1 Å². The quantitative estimate of drug-likeness (QED) is 0.676. The molecule has 1 spiro atoms. The van der Waals surface area contributed by atoms with E-state index in [0.29, 0.717) is 39.0 Å². The first-order valence-electron chi connectivity index (χ1n) is 11.7. The van der Waals surface area contributed by atoms with E-state index in [4.69, 9.17) is 9.47 Å². The Balaban J connectivity index is 1.21. The molecule has 4 aliphatic heterocycles. The smallest absolute Gasteiger partial charge is 0.229 e. The molecule has 172 valence electrons. The molecule has 3 fully saturated rings. The van der Waals surface area contributed by atoms with Gasteiger partial charge in [-0.25, -0.2) is 0 Å². The van der Waals surface area contributed by atoms with E-state index in [-0.39, 0.29) is 53.7 Å². The maximum absolute atomic E-state index is 12.7. The summed E-state index contributed by atoms with van der Waals surface area (Å²) in [5, 5.41) is 0. The predicted octanol–water partition coefficient (Wildman–Crippen LogP) is 3.00. The molecule has 0 radical (unpaired) electrons. The molecular formula is C25H32N2O5. The number of nitrogens with zero attached hydrogens (tertiary/aromatic N) is 2. The van der Waals surface area contributed by atoms with Gasteiger partial charge in [-0.05, 0) is 45.2 Å². The van der Waals surface area contributed by atoms with Crippen molar-refractivity contribution in [3.8, 4) is 5.75 Å². The molecule has 1 aromatic rings. The van der Waals surface area contributed by atoms with Crippen LogP contribution in [0.4, 0.5) is 0 Å². The van der Waals surface area contributed by atoms with Gasteiger partial charge in [0, 0.05) is 55.8 Å². The van der Waals surface area contributed by atoms with Crippen LogP contribution in [0.1, 0.15) is 63.2 Å². The molecule has 1 aromatic carbocycles. The number of carbonyl (C=O) groups is 3. The Morgan fingerprint density at radius 2 is 1.88 bits per heavy atom. The number of likely N-dealkylation sites (tertiary alicyclic amines) is 2. The number of piperidine rings is 1. The van der Waals surface area contributed by atoms with Gasteiger partial charge < -0.3 is 14.4 Å². The van der Waals surface area contributed by atoms with Crippen LogP contribution in [-0.2, 0) is 19.1 Å². The fourth-order valence-corrected chi connectivity index (χ4v) is 5.83. The molecule has 0 bridgehead atoms. The number of hydrogen-bond acceptors (Lipinski definition) is 5. The first-order chi connectivity index (χ1) is 15.2. The monoisotopic (exact) mass is 440 g/mol. The van der Waals surface area contributed by atoms with Crippen molar-refractivity contribution in [2.24, 2.45) is 11.3 Å². The number of imide groups is 1. The summed E-state index contributed by atoms with van der Waals surface area (Å²) in [6, 6.07) is 6.31. The Morgan fingerprint density at radius 1 is 1.16 bits per heavy atom. The Bertz CT molecular complexity index is 949. The highest BCUT2D eigenvalue weighted by Crippen LogP contribution is 2.55. The Hall–Kier alpha value is -2.41. The number of rotatable bonds is 3. The highest BCUT2D eigenvalue weighted by molar-refractivity contribution is 5.97. The van der Waals surface area contributed by atoms with Gasteiger partial charge in [0.1, 0.15) is 11.4 Å². The van der Waals surface area contributed by atoms with Gasteiger partial charge in [0.15, 0.2) is 0 Å². The van der Waals surface area contributed by atoms with Gasteiger partial charge in [0.05, 0.1) is 12.7 Å². The van der Waals surface area contributed by atoms with E-state index in [9.17, 15) is 14.4 Å². The van der Waals surface area contributed by atoms with Crippen molar-refractivity contribution < 1.29 is 23.9 Å². The standard InChI is InChI=1S/C25H32N2O5/c1-16-7-8-17-19(11-16)32-24(2,3)18-12-25(15-31-23(17)18)13-26(14-25)20(28)9-10-27-21(29)5-4-6-22(27)30/h7-8,11,18,23H,4-6,9-10,12-15H2,1-3H3/t18-,23+/m0/s1. The minimum absolute atomic E-state index is 0.00361. The summed E-state index contributed by atoms with van der Waals surface area (Å²) in [4.78, 5) is 39.8. The zero-order valence-electron chi connectivity index (χ0n) is 19.2. The van der Waals surface area contributed by atoms with Crippen LogP contribution in [0, 0.1) is 18.3 Å². The van der Waals surface area contributed by atoms with Gasteiger partial charge in [0.2, 0.25) is 17.7 Å². The number of benzene rings is 1. The van der Waals surface area contributed by atoms with Crippen molar-refractivity contribution in [3.05, 3.63) is 29.3 Å². The predicted molar refractivity (Wildman–Crippen MR) is 117 cm³/mol. The summed E-state index contributed by atoms with van der Waals surface area (Å²) >= 11 is 0. The molecule has 0 saturated carbocycles. The average Bonchev–Trinajstić information content (AvgIpc) is 2.70. The van der Waals surface area contributed by atoms with Gasteiger partial charge in [-0.15, -0.1) is 0 Å². The third-order valence-corrected chi connectivity index (χ3v) is 7.67. The zero-order valence-corrected chi connectivity index (χ0v) is 19.2. The topological polar surface area (TPSA) is 76.2 Å². The van der Waals surface area contributed by atoms with Crippen molar-refractivity contribution in [2.75, 3.05) is 26.2 Å². The third-order valence-electron chi connectivity index (χ3n) is 7.67. The lowest BCUT2D eigenvalue weighted by atomic mass is 9.64. The third kappa shape index (κ3) is 3.60. The van der Waals surface area contributed by atoms with Crippen molar-refractivity contribution in [1.82, 2.24) is 9.80 Å². The Labute approximate surface area is 189 Å². The molecule has 0 aromatic heterocycles. The minimum Gasteiger partial charge on any atom is -0.487 e. The van der Waals surface area contributed by atoms with Crippen LogP contribution in [0.2, 0.25) is 0 Å². The lowest BCUT2D eigenvalue weighted by Gasteiger charge is -2.58. The highest BCUT2D eigenvalue weighted by atomic mass is 16.5. The summed E-state index contributed by atoms with van der Waals surface area (Å²) in [5.74, 6) is 0.822. The second-order valence-electron chi connectivity index (χ2n) is 10.6. The van der Waals surface area contributed by atoms with Crippen molar-refractivity contribution in [3.63, 3.8) is 0 Å². The molecule has 3 amide bonds. The van der Waals surface area contributed by atoms with Crippen molar-refractivity contribution in [1.29, 1.82) is 0 Å². The molecule has 5 rings (SSSR count). The number of aryl methyl sites for hydroxylation is 1. The lowest BCUT2D eigenvalue weighted by Crippen LogP contribution is -2.65. The number of amides is 3. The van der Waals surface area contributed by atoms with Crippen molar-refractivity contribution in [2.45, 2.75) is 64.6 Å². The fourth-order valence-electron chi connectivity index (χ4n) is 5.83. The molecule has 7 heteroatoms. The zero-order chi connectivity index (χ0) is 22.7. The van der Waals surface area contributed by atoms with E-state index in [2.05, 4.69) is 39.0 Å². The molecule has 4 aliphatic rings. The van der Waals surface area contributed by atoms with Crippen molar-refractivity contribution >= 4 is 17.7 Å². The second-order valence-corrected chi connectivity index (χ2v) is 10.6. The molecule has 32 heavy (non-hydrogen) atoms. The number of ether oxygens (including phenoxy) is 2. The normalized spacial score (nSPS) is 28.0. The van der Waals surface area contributed by atoms with E-state index in [1.54, 1.807) is 0 Å². The number of carbonyl (C=O) groups excluding carboxylic acids is 3. The Kier molecular flexibility index (Phi) is 5.08. The van der Waals surface area contributed by atoms with Crippen LogP contribution >= 0.6 is 0 Å². The second kappa shape index (κ2) is 7.58. The lowest BCUT2D eigenvalue weighted by molar-refractivity contribution is -0.201. The summed E-state index contributed by atoms with van der Waals surface area (Å²) < 4.78 is 12.8. The Morgan fingerprint density at radius 3 is 2.59 bits per heavy atom. The highest BCUT2D eigenvalue weighted by Gasteiger charge is 2.56. The largest absolute Gasteiger partial charge is 0.487 e. The molecule has 2 atom stereocenters. The van der Waals surface area contributed by atoms with Gasteiger partial charge in [0.25, 0.3) is 0 Å². The van der Waals surface area contributed by atoms with Crippen LogP contribution in [0.3, 0.4) is 0 Å². The molecule has 0 aliphatic carbocycles. The molecule has 3 saturated heterocycles. The van der Waals surface area contributed by atoms with Crippen LogP contribution in [-0.4, -0.2) is 59.4 Å². The van der Waals surface area contributed by atoms with E-state index in [1.807, 2.05) is 4.90 Å². The summed E-state index contributed by atoms with van der Waals surface area (Å²) in [7, 11) is 0. The fraction of sp³-hybridized carbons (Fsp3) is 0.640. The molecule has 0 N–H and O–H groups in total. The minimum atomic E-state index is -0.349. The van der Waals surface area contributed by atoms with Gasteiger partial charge in [-0.3, -0.25) is 19.3 Å². The average molecular weight is 441 g/mol. The van der Waals surface area contributed by atoms with Gasteiger partial charge in [-0.2, -0.15) is 0 Å². The van der Waals surface area contributed by atoms with E-state index in [1.165, 1.54) is 10.5 Å². The summed E-state index contributed by atoms with van der Waals surface area (Å²) in [5.41, 5.74) is 1.90. The van der Waals surface area contributed by atoms with Crippen LogP contribution in [0.15, 0.2) is 18.2 Å².